The number of hydrogen-bond donors (Lipinski definition) is 0. The number of hydrogen-bond acceptors (Lipinski definition) is 2. The largest absolute Gasteiger partial charge is 0.456 e. The SMILES string of the molecule is Brc1ccc2c(c1)C(c1ccc3oc4ccccc4c3c1)(c1ccc3oc4ccccc4c3c1)c1ccccc1-2. The van der Waals surface area contributed by atoms with Crippen LogP contribution in [0.5, 0.6) is 0 Å². The van der Waals surface area contributed by atoms with Crippen LogP contribution in [0.3, 0.4) is 0 Å². The average molecular weight is 577 g/mol. The van der Waals surface area contributed by atoms with Gasteiger partial charge in [-0.15, -0.1) is 0 Å². The van der Waals surface area contributed by atoms with Gasteiger partial charge in [0.1, 0.15) is 22.3 Å². The Morgan fingerprint density at radius 1 is 0.425 bits per heavy atom. The van der Waals surface area contributed by atoms with Crippen LogP contribution in [0, 0.1) is 0 Å². The van der Waals surface area contributed by atoms with Crippen LogP contribution >= 0.6 is 15.9 Å². The van der Waals surface area contributed by atoms with Crippen LogP contribution in [0.15, 0.2) is 141 Å². The summed E-state index contributed by atoms with van der Waals surface area (Å²) in [6.45, 7) is 0. The summed E-state index contributed by atoms with van der Waals surface area (Å²) < 4.78 is 13.5. The smallest absolute Gasteiger partial charge is 0.135 e. The van der Waals surface area contributed by atoms with E-state index in [1.807, 2.05) is 24.3 Å². The molecule has 0 spiro atoms. The van der Waals surface area contributed by atoms with Crippen molar-refractivity contribution in [3.8, 4) is 11.1 Å². The zero-order valence-corrected chi connectivity index (χ0v) is 22.9. The number of halogens is 1. The third kappa shape index (κ3) is 2.83. The van der Waals surface area contributed by atoms with Crippen LogP contribution in [0.4, 0.5) is 0 Å². The highest BCUT2D eigenvalue weighted by Gasteiger charge is 2.46. The highest BCUT2D eigenvalue weighted by Crippen LogP contribution is 2.57. The van der Waals surface area contributed by atoms with Crippen LogP contribution in [0.2, 0.25) is 0 Å². The van der Waals surface area contributed by atoms with E-state index in [0.29, 0.717) is 0 Å². The quantitative estimate of drug-likeness (QED) is 0.204. The summed E-state index contributed by atoms with van der Waals surface area (Å²) in [5.41, 5.74) is 10.6. The van der Waals surface area contributed by atoms with Crippen LogP contribution in [0.1, 0.15) is 22.3 Å². The molecule has 2 nitrogen and oxygen atoms in total. The van der Waals surface area contributed by atoms with E-state index in [4.69, 9.17) is 8.83 Å². The molecule has 2 aromatic heterocycles. The lowest BCUT2D eigenvalue weighted by Gasteiger charge is -2.34. The van der Waals surface area contributed by atoms with Gasteiger partial charge in [-0.25, -0.2) is 0 Å². The lowest BCUT2D eigenvalue weighted by atomic mass is 9.67. The molecule has 0 radical (unpaired) electrons. The van der Waals surface area contributed by atoms with Gasteiger partial charge >= 0.3 is 0 Å². The number of fused-ring (bicyclic) bond motifs is 9. The van der Waals surface area contributed by atoms with Gasteiger partial charge in [-0.3, -0.25) is 0 Å². The Balaban J connectivity index is 1.45. The summed E-state index contributed by atoms with van der Waals surface area (Å²) >= 11 is 3.81. The van der Waals surface area contributed by atoms with Crippen molar-refractivity contribution < 1.29 is 8.83 Å². The molecule has 0 N–H and O–H groups in total. The van der Waals surface area contributed by atoms with Gasteiger partial charge in [-0.2, -0.15) is 0 Å². The number of rotatable bonds is 2. The molecule has 0 fully saturated rings. The van der Waals surface area contributed by atoms with Crippen LogP contribution in [0.25, 0.3) is 55.0 Å². The Hall–Kier alpha value is -4.60. The van der Waals surface area contributed by atoms with Crippen molar-refractivity contribution in [2.45, 2.75) is 5.41 Å². The Labute approximate surface area is 238 Å². The molecular weight excluding hydrogens is 556 g/mol. The van der Waals surface area contributed by atoms with Gasteiger partial charge in [-0.1, -0.05) is 94.8 Å². The molecule has 0 amide bonds. The third-order valence-electron chi connectivity index (χ3n) is 8.63. The topological polar surface area (TPSA) is 26.3 Å². The van der Waals surface area contributed by atoms with Crippen molar-refractivity contribution in [3.63, 3.8) is 0 Å². The first kappa shape index (κ1) is 22.2. The zero-order valence-electron chi connectivity index (χ0n) is 21.3. The Bertz CT molecular complexity index is 2190. The Morgan fingerprint density at radius 2 is 0.950 bits per heavy atom. The molecule has 0 saturated carbocycles. The van der Waals surface area contributed by atoms with Crippen LogP contribution in [-0.2, 0) is 5.41 Å². The number of furan rings is 2. The third-order valence-corrected chi connectivity index (χ3v) is 9.12. The van der Waals surface area contributed by atoms with Gasteiger partial charge < -0.3 is 8.83 Å². The minimum atomic E-state index is -0.533. The standard InChI is InChI=1S/C37H21BrO2/c38-24-15-16-26-25-7-1-4-10-31(25)37(32(26)21-24,22-13-17-35-29(19-22)27-8-2-5-11-33(27)39-35)23-14-18-36-30(20-23)28-9-3-6-12-34(28)40-36/h1-21H. The van der Waals surface area contributed by atoms with Crippen LogP contribution < -0.4 is 0 Å². The molecule has 0 aliphatic heterocycles. The van der Waals surface area contributed by atoms with Crippen molar-refractivity contribution in [3.05, 3.63) is 154 Å². The fourth-order valence-corrected chi connectivity index (χ4v) is 7.32. The van der Waals surface area contributed by atoms with E-state index in [-0.39, 0.29) is 0 Å². The maximum absolute atomic E-state index is 6.24. The van der Waals surface area contributed by atoms with E-state index in [0.717, 1.165) is 48.3 Å². The van der Waals surface area contributed by atoms with E-state index in [1.165, 1.54) is 33.4 Å². The van der Waals surface area contributed by atoms with Gasteiger partial charge in [0.15, 0.2) is 0 Å². The van der Waals surface area contributed by atoms with E-state index in [2.05, 4.69) is 119 Å². The van der Waals surface area contributed by atoms with Crippen molar-refractivity contribution in [2.75, 3.05) is 0 Å². The molecule has 6 aromatic carbocycles. The van der Waals surface area contributed by atoms with Gasteiger partial charge in [0.25, 0.3) is 0 Å². The summed E-state index contributed by atoms with van der Waals surface area (Å²) in [7, 11) is 0. The molecule has 0 atom stereocenters. The molecule has 0 unspecified atom stereocenters. The van der Waals surface area contributed by atoms with Crippen molar-refractivity contribution in [1.29, 1.82) is 0 Å². The average Bonchev–Trinajstić information content (AvgIpc) is 3.64. The van der Waals surface area contributed by atoms with Gasteiger partial charge in [0, 0.05) is 26.0 Å². The molecule has 1 aliphatic rings. The molecular formula is C37H21BrO2. The first-order valence-electron chi connectivity index (χ1n) is 13.5. The minimum Gasteiger partial charge on any atom is -0.456 e. The predicted octanol–water partition coefficient (Wildman–Crippen LogP) is 10.6. The van der Waals surface area contributed by atoms with Gasteiger partial charge in [0.05, 0.1) is 5.41 Å². The predicted molar refractivity (Wildman–Crippen MR) is 166 cm³/mol. The molecule has 40 heavy (non-hydrogen) atoms. The highest BCUT2D eigenvalue weighted by molar-refractivity contribution is 9.10. The second kappa shape index (κ2) is 7.97. The fraction of sp³-hybridized carbons (Fsp3) is 0.0270. The first-order chi connectivity index (χ1) is 19.7. The highest BCUT2D eigenvalue weighted by atomic mass is 79.9. The summed E-state index contributed by atoms with van der Waals surface area (Å²) in [6.07, 6.45) is 0. The number of para-hydroxylation sites is 2. The van der Waals surface area contributed by atoms with E-state index in [9.17, 15) is 0 Å². The molecule has 9 rings (SSSR count). The van der Waals surface area contributed by atoms with Gasteiger partial charge in [-0.05, 0) is 81.9 Å². The van der Waals surface area contributed by atoms with Crippen molar-refractivity contribution >= 4 is 59.8 Å². The Kier molecular flexibility index (Phi) is 4.43. The lowest BCUT2D eigenvalue weighted by molar-refractivity contribution is 0.667. The molecule has 8 aromatic rings. The van der Waals surface area contributed by atoms with E-state index >= 15 is 0 Å². The molecule has 3 heteroatoms. The van der Waals surface area contributed by atoms with Crippen molar-refractivity contribution in [2.24, 2.45) is 0 Å². The second-order valence-corrected chi connectivity index (χ2v) is 11.5. The second-order valence-electron chi connectivity index (χ2n) is 10.6. The fourth-order valence-electron chi connectivity index (χ4n) is 6.96. The summed E-state index contributed by atoms with van der Waals surface area (Å²) in [4.78, 5) is 0. The lowest BCUT2D eigenvalue weighted by Crippen LogP contribution is -2.28. The summed E-state index contributed by atoms with van der Waals surface area (Å²) in [5.74, 6) is 0. The van der Waals surface area contributed by atoms with Crippen molar-refractivity contribution in [1.82, 2.24) is 0 Å². The maximum Gasteiger partial charge on any atom is 0.135 e. The van der Waals surface area contributed by atoms with Crippen LogP contribution in [-0.4, -0.2) is 0 Å². The molecule has 1 aliphatic carbocycles. The minimum absolute atomic E-state index is 0.533. The summed E-state index contributed by atoms with van der Waals surface area (Å²) in [6, 6.07) is 45.6. The molecule has 0 saturated heterocycles. The van der Waals surface area contributed by atoms with Gasteiger partial charge in [0.2, 0.25) is 0 Å². The number of benzene rings is 6. The van der Waals surface area contributed by atoms with E-state index in [1.54, 1.807) is 0 Å². The first-order valence-corrected chi connectivity index (χ1v) is 14.2. The molecule has 0 bridgehead atoms. The zero-order chi connectivity index (χ0) is 26.4. The monoisotopic (exact) mass is 576 g/mol. The normalized spacial score (nSPS) is 13.8. The maximum atomic E-state index is 6.24. The Morgan fingerprint density at radius 3 is 1.60 bits per heavy atom. The van der Waals surface area contributed by atoms with E-state index < -0.39 is 5.41 Å². The molecule has 188 valence electrons. The molecule has 2 heterocycles. The summed E-state index contributed by atoms with van der Waals surface area (Å²) in [5, 5.41) is 4.52.